The first-order valence-corrected chi connectivity index (χ1v) is 10.6. The van der Waals surface area contributed by atoms with Crippen LogP contribution in [0.25, 0.3) is 0 Å². The molecule has 0 unspecified atom stereocenters. The van der Waals surface area contributed by atoms with E-state index in [1.807, 2.05) is 17.1 Å². The summed E-state index contributed by atoms with van der Waals surface area (Å²) in [4.78, 5) is 43.4. The molecule has 3 aliphatic rings. The fourth-order valence-electron chi connectivity index (χ4n) is 4.76. The summed E-state index contributed by atoms with van der Waals surface area (Å²) in [6.07, 6.45) is 5.45. The molecule has 29 heavy (non-hydrogen) atoms. The molecule has 6 heteroatoms. The van der Waals surface area contributed by atoms with Gasteiger partial charge in [0.2, 0.25) is 17.7 Å². The van der Waals surface area contributed by atoms with E-state index in [2.05, 4.69) is 43.0 Å². The highest BCUT2D eigenvalue weighted by atomic mass is 16.2. The van der Waals surface area contributed by atoms with Crippen molar-refractivity contribution in [2.24, 2.45) is 11.8 Å². The van der Waals surface area contributed by atoms with Crippen molar-refractivity contribution in [1.82, 2.24) is 9.80 Å². The summed E-state index contributed by atoms with van der Waals surface area (Å²) < 4.78 is 0. The first-order valence-electron chi connectivity index (χ1n) is 10.6. The molecule has 0 aromatic heterocycles. The van der Waals surface area contributed by atoms with Crippen LogP contribution in [-0.2, 0) is 14.4 Å². The van der Waals surface area contributed by atoms with Crippen LogP contribution in [-0.4, -0.2) is 59.7 Å². The molecule has 2 aliphatic heterocycles. The molecule has 0 radical (unpaired) electrons. The zero-order valence-electron chi connectivity index (χ0n) is 17.2. The summed E-state index contributed by atoms with van der Waals surface area (Å²) in [5.74, 6) is -0.625. The Bertz CT molecular complexity index is 806. The molecule has 0 bridgehead atoms. The Morgan fingerprint density at radius 1 is 1.00 bits per heavy atom. The monoisotopic (exact) mass is 395 g/mol. The molecule has 2 fully saturated rings. The number of carbonyl (C=O) groups excluding carboxylic acids is 3. The minimum Gasteiger partial charge on any atom is -0.365 e. The summed E-state index contributed by atoms with van der Waals surface area (Å²) >= 11 is 0. The molecule has 1 aromatic rings. The predicted octanol–water partition coefficient (Wildman–Crippen LogP) is 2.37. The molecule has 2 heterocycles. The Balaban J connectivity index is 1.31. The number of anilines is 1. The maximum atomic E-state index is 12.8. The zero-order chi connectivity index (χ0) is 20.5. The van der Waals surface area contributed by atoms with Crippen molar-refractivity contribution in [2.75, 3.05) is 31.1 Å². The van der Waals surface area contributed by atoms with Crippen LogP contribution in [0.4, 0.5) is 5.69 Å². The predicted molar refractivity (Wildman–Crippen MR) is 111 cm³/mol. The van der Waals surface area contributed by atoms with E-state index in [1.165, 1.54) is 16.2 Å². The minimum atomic E-state index is -0.222. The van der Waals surface area contributed by atoms with Gasteiger partial charge in [0.1, 0.15) is 0 Å². The molecule has 0 spiro atoms. The number of amides is 3. The van der Waals surface area contributed by atoms with Crippen LogP contribution in [0, 0.1) is 18.8 Å². The van der Waals surface area contributed by atoms with Gasteiger partial charge in [-0.1, -0.05) is 29.8 Å². The van der Waals surface area contributed by atoms with Crippen molar-refractivity contribution in [3.8, 4) is 0 Å². The number of rotatable bonds is 4. The highest BCUT2D eigenvalue weighted by molar-refractivity contribution is 6.05. The third-order valence-electron chi connectivity index (χ3n) is 6.49. The van der Waals surface area contributed by atoms with E-state index in [4.69, 9.17) is 0 Å². The number of nitrogens with zero attached hydrogens (tertiary/aromatic N) is 3. The van der Waals surface area contributed by atoms with E-state index in [0.717, 1.165) is 6.54 Å². The number of likely N-dealkylation sites (tertiary alicyclic amines) is 1. The average molecular weight is 396 g/mol. The van der Waals surface area contributed by atoms with E-state index in [9.17, 15) is 14.4 Å². The van der Waals surface area contributed by atoms with E-state index in [-0.39, 0.29) is 48.6 Å². The highest BCUT2D eigenvalue weighted by Gasteiger charge is 2.47. The van der Waals surface area contributed by atoms with Crippen LogP contribution in [0.5, 0.6) is 0 Å². The molecule has 0 N–H and O–H groups in total. The average Bonchev–Trinajstić information content (AvgIpc) is 2.97. The Kier molecular flexibility index (Phi) is 5.43. The van der Waals surface area contributed by atoms with Crippen LogP contribution >= 0.6 is 0 Å². The van der Waals surface area contributed by atoms with E-state index in [0.29, 0.717) is 25.9 Å². The van der Waals surface area contributed by atoms with Crippen LogP contribution in [0.2, 0.25) is 0 Å². The van der Waals surface area contributed by atoms with Crippen molar-refractivity contribution < 1.29 is 14.4 Å². The number of imide groups is 1. The number of piperazine rings is 1. The van der Waals surface area contributed by atoms with Gasteiger partial charge in [-0.05, 0) is 38.8 Å². The number of aryl methyl sites for hydroxylation is 1. The van der Waals surface area contributed by atoms with Gasteiger partial charge in [0.25, 0.3) is 0 Å². The second-order valence-electron chi connectivity index (χ2n) is 8.45. The Labute approximate surface area is 172 Å². The maximum absolute atomic E-state index is 12.8. The largest absolute Gasteiger partial charge is 0.365 e. The van der Waals surface area contributed by atoms with Gasteiger partial charge >= 0.3 is 0 Å². The molecule has 0 saturated carbocycles. The second kappa shape index (κ2) is 8.01. The number of hydrogen-bond acceptors (Lipinski definition) is 4. The molecule has 6 nitrogen and oxygen atoms in total. The quantitative estimate of drug-likeness (QED) is 0.580. The van der Waals surface area contributed by atoms with Gasteiger partial charge in [-0.2, -0.15) is 0 Å². The normalized spacial score (nSPS) is 26.8. The minimum absolute atomic E-state index is 0.0222. The van der Waals surface area contributed by atoms with Crippen molar-refractivity contribution in [3.05, 3.63) is 42.0 Å². The van der Waals surface area contributed by atoms with Gasteiger partial charge in [0, 0.05) is 44.3 Å². The van der Waals surface area contributed by atoms with Gasteiger partial charge in [-0.25, -0.2) is 0 Å². The lowest BCUT2D eigenvalue weighted by Gasteiger charge is -2.41. The van der Waals surface area contributed by atoms with E-state index < -0.39 is 0 Å². The van der Waals surface area contributed by atoms with Gasteiger partial charge in [0.05, 0.1) is 11.8 Å². The van der Waals surface area contributed by atoms with Gasteiger partial charge < -0.3 is 9.80 Å². The molecule has 3 amide bonds. The number of hydrogen-bond donors (Lipinski definition) is 0. The molecule has 1 aliphatic carbocycles. The zero-order valence-corrected chi connectivity index (χ0v) is 17.2. The fourth-order valence-corrected chi connectivity index (χ4v) is 4.76. The lowest BCUT2D eigenvalue weighted by Crippen LogP contribution is -2.54. The number of benzene rings is 1. The van der Waals surface area contributed by atoms with Crippen LogP contribution in [0.1, 0.15) is 31.7 Å². The van der Waals surface area contributed by atoms with Gasteiger partial charge in [0.15, 0.2) is 0 Å². The third kappa shape index (κ3) is 3.80. The van der Waals surface area contributed by atoms with E-state index in [1.54, 1.807) is 0 Å². The first-order chi connectivity index (χ1) is 14.0. The summed E-state index contributed by atoms with van der Waals surface area (Å²) in [6, 6.07) is 8.69. The smallest absolute Gasteiger partial charge is 0.233 e. The maximum Gasteiger partial charge on any atom is 0.233 e. The Hall–Kier alpha value is -2.63. The number of carbonyl (C=O) groups is 3. The highest BCUT2D eigenvalue weighted by Crippen LogP contribution is 2.35. The number of fused-ring (bicyclic) bond motifs is 1. The van der Waals surface area contributed by atoms with Crippen molar-refractivity contribution in [2.45, 2.75) is 39.2 Å². The standard InChI is InChI=1S/C23H29N3O3/c1-16-7-9-18(10-8-16)25-14-13-24(15-17(25)2)21(27)11-12-26-22(28)19-5-3-4-6-20(19)23(26)29/h3-4,7-10,17,19-20H,5-6,11-15H2,1-2H3/t17-,19-,20-/m1/s1. The van der Waals surface area contributed by atoms with Crippen LogP contribution < -0.4 is 4.90 Å². The lowest BCUT2D eigenvalue weighted by atomic mass is 9.85. The molecule has 3 atom stereocenters. The summed E-state index contributed by atoms with van der Waals surface area (Å²) in [7, 11) is 0. The van der Waals surface area contributed by atoms with E-state index >= 15 is 0 Å². The van der Waals surface area contributed by atoms with Crippen LogP contribution in [0.3, 0.4) is 0 Å². The lowest BCUT2D eigenvalue weighted by molar-refractivity contribution is -0.141. The molecule has 154 valence electrons. The fraction of sp³-hybridized carbons (Fsp3) is 0.522. The summed E-state index contributed by atoms with van der Waals surface area (Å²) in [5.41, 5.74) is 2.41. The number of allylic oxidation sites excluding steroid dienone is 2. The van der Waals surface area contributed by atoms with Crippen molar-refractivity contribution >= 4 is 23.4 Å². The topological polar surface area (TPSA) is 60.9 Å². The third-order valence-corrected chi connectivity index (χ3v) is 6.49. The Morgan fingerprint density at radius 2 is 1.62 bits per heavy atom. The van der Waals surface area contributed by atoms with Crippen molar-refractivity contribution in [1.29, 1.82) is 0 Å². The molecule has 2 saturated heterocycles. The first kappa shape index (κ1) is 19.7. The molecular formula is C23H29N3O3. The van der Waals surface area contributed by atoms with Gasteiger partial charge in [-0.3, -0.25) is 19.3 Å². The summed E-state index contributed by atoms with van der Waals surface area (Å²) in [6.45, 7) is 6.51. The van der Waals surface area contributed by atoms with Gasteiger partial charge in [-0.15, -0.1) is 0 Å². The molecule has 4 rings (SSSR count). The summed E-state index contributed by atoms with van der Waals surface area (Å²) in [5, 5.41) is 0. The van der Waals surface area contributed by atoms with Crippen LogP contribution in [0.15, 0.2) is 36.4 Å². The van der Waals surface area contributed by atoms with Crippen molar-refractivity contribution in [3.63, 3.8) is 0 Å². The molecule has 1 aromatic carbocycles. The Morgan fingerprint density at radius 3 is 2.21 bits per heavy atom. The SMILES string of the molecule is Cc1ccc(N2CCN(C(=O)CCN3C(=O)[C@@H]4CC=CC[C@H]4C3=O)C[C@H]2C)cc1. The second-order valence-corrected chi connectivity index (χ2v) is 8.45. The molecular weight excluding hydrogens is 366 g/mol.